The Hall–Kier alpha value is -7.16. The summed E-state index contributed by atoms with van der Waals surface area (Å²) in [6.45, 7) is 0. The number of para-hydroxylation sites is 2. The van der Waals surface area contributed by atoms with Gasteiger partial charge >= 0.3 is 0 Å². The van der Waals surface area contributed by atoms with Crippen LogP contribution in [-0.2, 0) is 0 Å². The van der Waals surface area contributed by atoms with Gasteiger partial charge in [-0.25, -0.2) is 0 Å². The van der Waals surface area contributed by atoms with E-state index in [2.05, 4.69) is 211 Å². The molecule has 0 fully saturated rings. The maximum absolute atomic E-state index is 6.45. The zero-order valence-corrected chi connectivity index (χ0v) is 29.6. The molecule has 0 bridgehead atoms. The molecule has 0 atom stereocenters. The number of rotatable bonds is 7. The molecule has 0 N–H and O–H groups in total. The second kappa shape index (κ2) is 13.4. The smallest absolute Gasteiger partial charge is 0.137 e. The first-order valence-corrected chi connectivity index (χ1v) is 18.4. The Labute approximate surface area is 314 Å². The molecule has 0 saturated heterocycles. The zero-order valence-electron chi connectivity index (χ0n) is 29.6. The van der Waals surface area contributed by atoms with Crippen LogP contribution in [0.3, 0.4) is 0 Å². The maximum atomic E-state index is 6.45. The fourth-order valence-corrected chi connectivity index (χ4v) is 7.96. The van der Waals surface area contributed by atoms with Crippen molar-refractivity contribution in [3.63, 3.8) is 0 Å². The molecule has 0 aliphatic rings. The standard InChI is InChI=1S/C52H35NO/c1-3-16-36(17-4-1)40-31-33-44(47(35-40)38-19-5-2-6-20-38)42-22-9-10-23-43(42)45-24-11-13-26-48(45)53(41-32-30-37-18-7-8-21-39(37)34-41)49-27-15-29-51-52(49)46-25-12-14-28-50(46)54-51/h1-35H. The molecule has 0 unspecified atom stereocenters. The highest BCUT2D eigenvalue weighted by Gasteiger charge is 2.23. The second-order valence-electron chi connectivity index (χ2n) is 13.7. The summed E-state index contributed by atoms with van der Waals surface area (Å²) in [5, 5.41) is 4.58. The number of benzene rings is 9. The van der Waals surface area contributed by atoms with Crippen molar-refractivity contribution in [2.45, 2.75) is 0 Å². The third-order valence-electron chi connectivity index (χ3n) is 10.5. The molecule has 1 heterocycles. The molecular formula is C52H35NO. The molecule has 1 aromatic heterocycles. The van der Waals surface area contributed by atoms with E-state index in [1.165, 1.54) is 44.2 Å². The lowest BCUT2D eigenvalue weighted by Gasteiger charge is -2.29. The first kappa shape index (κ1) is 31.6. The highest BCUT2D eigenvalue weighted by atomic mass is 16.3. The number of nitrogens with zero attached hydrogens (tertiary/aromatic N) is 1. The zero-order chi connectivity index (χ0) is 35.8. The summed E-state index contributed by atoms with van der Waals surface area (Å²) in [6.07, 6.45) is 0. The largest absolute Gasteiger partial charge is 0.456 e. The van der Waals surface area contributed by atoms with Crippen molar-refractivity contribution in [3.8, 4) is 44.5 Å². The van der Waals surface area contributed by atoms with Crippen LogP contribution in [0, 0.1) is 0 Å². The van der Waals surface area contributed by atoms with Crippen LogP contribution in [0.25, 0.3) is 77.2 Å². The van der Waals surface area contributed by atoms with Gasteiger partial charge in [-0.05, 0) is 92.2 Å². The van der Waals surface area contributed by atoms with Gasteiger partial charge in [0.15, 0.2) is 0 Å². The van der Waals surface area contributed by atoms with Crippen molar-refractivity contribution in [2.75, 3.05) is 4.90 Å². The molecule has 0 amide bonds. The number of hydrogen-bond acceptors (Lipinski definition) is 2. The minimum absolute atomic E-state index is 0.864. The molecule has 54 heavy (non-hydrogen) atoms. The molecule has 0 aliphatic carbocycles. The topological polar surface area (TPSA) is 16.4 Å². The van der Waals surface area contributed by atoms with E-state index in [0.29, 0.717) is 0 Å². The third kappa shape index (κ3) is 5.53. The molecule has 0 aliphatic heterocycles. The first-order valence-electron chi connectivity index (χ1n) is 18.4. The van der Waals surface area contributed by atoms with Crippen molar-refractivity contribution in [3.05, 3.63) is 212 Å². The van der Waals surface area contributed by atoms with Crippen molar-refractivity contribution >= 4 is 49.8 Å². The van der Waals surface area contributed by atoms with Crippen LogP contribution in [0.15, 0.2) is 217 Å². The summed E-state index contributed by atoms with van der Waals surface area (Å²) in [5.74, 6) is 0. The summed E-state index contributed by atoms with van der Waals surface area (Å²) in [6, 6.07) is 76.0. The number of fused-ring (bicyclic) bond motifs is 4. The predicted octanol–water partition coefficient (Wildman–Crippen LogP) is 14.9. The minimum atomic E-state index is 0.864. The Bertz CT molecular complexity index is 2940. The Morgan fingerprint density at radius 3 is 1.72 bits per heavy atom. The van der Waals surface area contributed by atoms with Crippen LogP contribution in [0.4, 0.5) is 17.1 Å². The molecule has 2 heteroatoms. The lowest BCUT2D eigenvalue weighted by Crippen LogP contribution is -2.11. The lowest BCUT2D eigenvalue weighted by atomic mass is 9.87. The quantitative estimate of drug-likeness (QED) is 0.166. The summed E-state index contributed by atoms with van der Waals surface area (Å²) >= 11 is 0. The summed E-state index contributed by atoms with van der Waals surface area (Å²) in [5.41, 5.74) is 14.4. The van der Waals surface area contributed by atoms with Gasteiger partial charge in [-0.2, -0.15) is 0 Å². The van der Waals surface area contributed by atoms with Gasteiger partial charge in [-0.3, -0.25) is 0 Å². The van der Waals surface area contributed by atoms with Crippen molar-refractivity contribution in [1.29, 1.82) is 0 Å². The molecule has 0 saturated carbocycles. The van der Waals surface area contributed by atoms with Crippen molar-refractivity contribution < 1.29 is 4.42 Å². The normalized spacial score (nSPS) is 11.3. The number of hydrogen-bond donors (Lipinski definition) is 0. The molecule has 0 radical (unpaired) electrons. The average Bonchev–Trinajstić information content (AvgIpc) is 3.64. The Kier molecular flexibility index (Phi) is 7.85. The van der Waals surface area contributed by atoms with Gasteiger partial charge in [0.05, 0.1) is 16.8 Å². The molecule has 254 valence electrons. The van der Waals surface area contributed by atoms with E-state index in [1.54, 1.807) is 0 Å². The predicted molar refractivity (Wildman–Crippen MR) is 228 cm³/mol. The van der Waals surface area contributed by atoms with Gasteiger partial charge in [-0.1, -0.05) is 170 Å². The molecule has 10 rings (SSSR count). The van der Waals surface area contributed by atoms with E-state index < -0.39 is 0 Å². The highest BCUT2D eigenvalue weighted by molar-refractivity contribution is 6.14. The van der Waals surface area contributed by atoms with E-state index in [0.717, 1.165) is 50.1 Å². The van der Waals surface area contributed by atoms with Crippen LogP contribution in [0.2, 0.25) is 0 Å². The summed E-state index contributed by atoms with van der Waals surface area (Å²) in [4.78, 5) is 2.42. The average molecular weight is 690 g/mol. The van der Waals surface area contributed by atoms with Crippen LogP contribution >= 0.6 is 0 Å². The van der Waals surface area contributed by atoms with E-state index in [1.807, 2.05) is 6.07 Å². The fourth-order valence-electron chi connectivity index (χ4n) is 7.96. The van der Waals surface area contributed by atoms with Gasteiger partial charge in [0.2, 0.25) is 0 Å². The summed E-state index contributed by atoms with van der Waals surface area (Å²) in [7, 11) is 0. The molecular weight excluding hydrogens is 655 g/mol. The van der Waals surface area contributed by atoms with Gasteiger partial charge in [0.1, 0.15) is 11.2 Å². The molecule has 2 nitrogen and oxygen atoms in total. The van der Waals surface area contributed by atoms with E-state index in [4.69, 9.17) is 4.42 Å². The molecule has 0 spiro atoms. The van der Waals surface area contributed by atoms with Crippen LogP contribution in [-0.4, -0.2) is 0 Å². The molecule has 10 aromatic rings. The van der Waals surface area contributed by atoms with E-state index in [9.17, 15) is 0 Å². The van der Waals surface area contributed by atoms with E-state index >= 15 is 0 Å². The monoisotopic (exact) mass is 689 g/mol. The first-order chi connectivity index (χ1) is 26.8. The highest BCUT2D eigenvalue weighted by Crippen LogP contribution is 2.48. The SMILES string of the molecule is c1ccc(-c2ccc(-c3ccccc3-c3ccccc3N(c3ccc4ccccc4c3)c3cccc4oc5ccccc5c34)c(-c3ccccc3)c2)cc1. The van der Waals surface area contributed by atoms with Crippen LogP contribution in [0.5, 0.6) is 0 Å². The lowest BCUT2D eigenvalue weighted by molar-refractivity contribution is 0.669. The van der Waals surface area contributed by atoms with Crippen molar-refractivity contribution in [2.24, 2.45) is 0 Å². The van der Waals surface area contributed by atoms with Gasteiger partial charge in [0, 0.05) is 16.6 Å². The Balaban J connectivity index is 1.22. The van der Waals surface area contributed by atoms with Crippen molar-refractivity contribution in [1.82, 2.24) is 0 Å². The Morgan fingerprint density at radius 1 is 0.315 bits per heavy atom. The third-order valence-corrected chi connectivity index (χ3v) is 10.5. The minimum Gasteiger partial charge on any atom is -0.456 e. The van der Waals surface area contributed by atoms with E-state index in [-0.39, 0.29) is 0 Å². The fraction of sp³-hybridized carbons (Fsp3) is 0. The summed E-state index contributed by atoms with van der Waals surface area (Å²) < 4.78 is 6.45. The number of anilines is 3. The van der Waals surface area contributed by atoms with Gasteiger partial charge in [-0.15, -0.1) is 0 Å². The number of furan rings is 1. The van der Waals surface area contributed by atoms with Crippen LogP contribution in [0.1, 0.15) is 0 Å². The maximum Gasteiger partial charge on any atom is 0.137 e. The Morgan fingerprint density at radius 2 is 0.907 bits per heavy atom. The van der Waals surface area contributed by atoms with Gasteiger partial charge in [0.25, 0.3) is 0 Å². The van der Waals surface area contributed by atoms with Crippen LogP contribution < -0.4 is 4.90 Å². The molecule has 9 aromatic carbocycles. The van der Waals surface area contributed by atoms with Gasteiger partial charge < -0.3 is 9.32 Å². The second-order valence-corrected chi connectivity index (χ2v) is 13.7.